The van der Waals surface area contributed by atoms with Crippen LogP contribution in [0, 0.1) is 0 Å². The van der Waals surface area contributed by atoms with Crippen LogP contribution < -0.4 is 5.73 Å². The molecule has 1 aromatic heterocycles. The van der Waals surface area contributed by atoms with E-state index in [2.05, 4.69) is 9.72 Å². The Balaban J connectivity index is 0.000000362. The molecule has 28 heavy (non-hydrogen) atoms. The number of aliphatic carboxylic acids is 1. The Morgan fingerprint density at radius 3 is 2.25 bits per heavy atom. The standard InChI is InChI=1S/C9H14O10.C6H6N2O/c10-1-2-3(11)6(14)9(18-2)19-8(17)5(13)4(12)7(15)16;7-6(9)5-2-1-3-8-4-5/h2-6,9-14H,1H2,(H,15,16);1-4H,(H2,7,9)/t2-,3-,4?,5?,6-,9?;/m1./s1. The molecule has 0 aromatic carbocycles. The molecule has 2 heterocycles. The van der Waals surface area contributed by atoms with E-state index in [4.69, 9.17) is 30.9 Å². The second-order valence-corrected chi connectivity index (χ2v) is 5.48. The van der Waals surface area contributed by atoms with E-state index in [1.54, 1.807) is 18.3 Å². The van der Waals surface area contributed by atoms with Crippen molar-refractivity contribution < 1.29 is 54.5 Å². The Morgan fingerprint density at radius 1 is 1.21 bits per heavy atom. The van der Waals surface area contributed by atoms with Gasteiger partial charge in [0.25, 0.3) is 0 Å². The SMILES string of the molecule is NC(=O)c1cccnc1.O=C(O)C(O)C(O)C(=O)OC1O[C@H](CO)[C@@H](O)[C@H]1O. The van der Waals surface area contributed by atoms with Crippen LogP contribution in [0.4, 0.5) is 0 Å². The quantitative estimate of drug-likeness (QED) is 0.225. The second-order valence-electron chi connectivity index (χ2n) is 5.48. The van der Waals surface area contributed by atoms with Gasteiger partial charge >= 0.3 is 11.9 Å². The fraction of sp³-hybridized carbons (Fsp3) is 0.467. The minimum absolute atomic E-state index is 0.442. The number of ether oxygens (including phenoxy) is 2. The number of pyridine rings is 1. The van der Waals surface area contributed by atoms with Crippen LogP contribution in [0.5, 0.6) is 0 Å². The summed E-state index contributed by atoms with van der Waals surface area (Å²) in [6.07, 6.45) is -7.80. The minimum atomic E-state index is -2.40. The van der Waals surface area contributed by atoms with E-state index in [1.807, 2.05) is 0 Å². The highest BCUT2D eigenvalue weighted by Crippen LogP contribution is 2.22. The van der Waals surface area contributed by atoms with Crippen molar-refractivity contribution in [3.63, 3.8) is 0 Å². The third-order valence-electron chi connectivity index (χ3n) is 3.47. The molecule has 1 saturated heterocycles. The van der Waals surface area contributed by atoms with Crippen molar-refractivity contribution in [2.24, 2.45) is 5.73 Å². The number of aromatic nitrogens is 1. The zero-order valence-electron chi connectivity index (χ0n) is 14.2. The van der Waals surface area contributed by atoms with Crippen LogP contribution in [0.1, 0.15) is 10.4 Å². The Morgan fingerprint density at radius 2 is 1.86 bits per heavy atom. The molecule has 0 radical (unpaired) electrons. The third-order valence-corrected chi connectivity index (χ3v) is 3.47. The van der Waals surface area contributed by atoms with Gasteiger partial charge in [-0.3, -0.25) is 9.78 Å². The Labute approximate surface area is 157 Å². The van der Waals surface area contributed by atoms with Gasteiger partial charge in [-0.05, 0) is 12.1 Å². The van der Waals surface area contributed by atoms with E-state index >= 15 is 0 Å². The highest BCUT2D eigenvalue weighted by atomic mass is 16.7. The number of carbonyl (C=O) groups is 3. The molecule has 0 bridgehead atoms. The van der Waals surface area contributed by atoms with Crippen molar-refractivity contribution in [2.75, 3.05) is 6.61 Å². The van der Waals surface area contributed by atoms with Crippen LogP contribution in [-0.4, -0.2) is 96.9 Å². The maximum atomic E-state index is 11.3. The lowest BCUT2D eigenvalue weighted by atomic mass is 10.1. The van der Waals surface area contributed by atoms with Gasteiger partial charge in [-0.2, -0.15) is 0 Å². The fourth-order valence-corrected chi connectivity index (χ4v) is 1.92. The largest absolute Gasteiger partial charge is 0.479 e. The Bertz CT molecular complexity index is 671. The van der Waals surface area contributed by atoms with Crippen molar-refractivity contribution in [3.05, 3.63) is 30.1 Å². The lowest BCUT2D eigenvalue weighted by molar-refractivity contribution is -0.203. The number of carbonyl (C=O) groups excluding carboxylic acids is 2. The van der Waals surface area contributed by atoms with Gasteiger partial charge in [0, 0.05) is 12.4 Å². The molecule has 13 heteroatoms. The lowest BCUT2D eigenvalue weighted by Gasteiger charge is -2.18. The minimum Gasteiger partial charge on any atom is -0.479 e. The maximum Gasteiger partial charge on any atom is 0.340 e. The molecule has 3 unspecified atom stereocenters. The Hall–Kier alpha value is -2.68. The molecule has 1 aliphatic heterocycles. The molecule has 2 rings (SSSR count). The first-order chi connectivity index (χ1) is 13.1. The molecule has 6 atom stereocenters. The number of aliphatic hydroxyl groups is 5. The number of carboxylic acids is 1. The van der Waals surface area contributed by atoms with Gasteiger partial charge in [0.15, 0.2) is 12.2 Å². The van der Waals surface area contributed by atoms with Crippen LogP contribution in [-0.2, 0) is 19.1 Å². The van der Waals surface area contributed by atoms with Gasteiger partial charge in [-0.15, -0.1) is 0 Å². The zero-order valence-corrected chi connectivity index (χ0v) is 14.2. The second kappa shape index (κ2) is 10.6. The van der Waals surface area contributed by atoms with Crippen LogP contribution in [0.25, 0.3) is 0 Å². The van der Waals surface area contributed by atoms with Gasteiger partial charge in [-0.25, -0.2) is 9.59 Å². The van der Waals surface area contributed by atoms with E-state index in [1.165, 1.54) is 6.20 Å². The number of nitrogens with zero attached hydrogens (tertiary/aromatic N) is 1. The maximum absolute atomic E-state index is 11.3. The summed E-state index contributed by atoms with van der Waals surface area (Å²) in [5.74, 6) is -3.83. The number of carboxylic acid groups (broad SMARTS) is 1. The molecular formula is C15H20N2O11. The summed E-state index contributed by atoms with van der Waals surface area (Å²) in [5.41, 5.74) is 5.38. The number of rotatable bonds is 6. The number of hydrogen-bond donors (Lipinski definition) is 7. The lowest BCUT2D eigenvalue weighted by Crippen LogP contribution is -2.43. The van der Waals surface area contributed by atoms with Gasteiger partial charge in [0.2, 0.25) is 12.2 Å². The molecule has 1 amide bonds. The number of esters is 1. The van der Waals surface area contributed by atoms with Crippen LogP contribution in [0.3, 0.4) is 0 Å². The predicted molar refractivity (Wildman–Crippen MR) is 86.3 cm³/mol. The van der Waals surface area contributed by atoms with E-state index in [-0.39, 0.29) is 0 Å². The predicted octanol–water partition coefficient (Wildman–Crippen LogP) is -4.04. The average molecular weight is 404 g/mol. The van der Waals surface area contributed by atoms with Gasteiger partial charge in [0.05, 0.1) is 12.2 Å². The van der Waals surface area contributed by atoms with Gasteiger partial charge < -0.3 is 45.8 Å². The van der Waals surface area contributed by atoms with Crippen LogP contribution in [0.15, 0.2) is 24.5 Å². The van der Waals surface area contributed by atoms with Crippen molar-refractivity contribution in [2.45, 2.75) is 36.8 Å². The van der Waals surface area contributed by atoms with Gasteiger partial charge in [-0.1, -0.05) is 0 Å². The highest BCUT2D eigenvalue weighted by Gasteiger charge is 2.46. The fourth-order valence-electron chi connectivity index (χ4n) is 1.92. The molecule has 13 nitrogen and oxygen atoms in total. The van der Waals surface area contributed by atoms with Crippen LogP contribution in [0.2, 0.25) is 0 Å². The topological polar surface area (TPSA) is 230 Å². The summed E-state index contributed by atoms with van der Waals surface area (Å²) in [5, 5.41) is 53.9. The molecule has 1 fully saturated rings. The first-order valence-electron chi connectivity index (χ1n) is 7.71. The first-order valence-corrected chi connectivity index (χ1v) is 7.71. The summed E-state index contributed by atoms with van der Waals surface area (Å²) in [6.45, 7) is -0.646. The zero-order chi connectivity index (χ0) is 21.4. The number of aliphatic hydroxyl groups excluding tert-OH is 5. The third kappa shape index (κ3) is 6.19. The van der Waals surface area contributed by atoms with Crippen LogP contribution >= 0.6 is 0 Å². The van der Waals surface area contributed by atoms with E-state index in [0.29, 0.717) is 5.56 Å². The van der Waals surface area contributed by atoms with Gasteiger partial charge in [0.1, 0.15) is 18.3 Å². The van der Waals surface area contributed by atoms with E-state index < -0.39 is 61.3 Å². The average Bonchev–Trinajstić information content (AvgIpc) is 2.95. The molecule has 1 aliphatic rings. The summed E-state index contributed by atoms with van der Waals surface area (Å²) in [6, 6.07) is 3.29. The first kappa shape index (κ1) is 23.4. The number of amides is 1. The molecule has 0 spiro atoms. The van der Waals surface area contributed by atoms with Crippen molar-refractivity contribution in [1.82, 2.24) is 4.98 Å². The molecule has 0 aliphatic carbocycles. The molecular weight excluding hydrogens is 384 g/mol. The van der Waals surface area contributed by atoms with Crippen molar-refractivity contribution >= 4 is 17.8 Å². The summed E-state index contributed by atoms with van der Waals surface area (Å²) >= 11 is 0. The van der Waals surface area contributed by atoms with Crippen molar-refractivity contribution in [3.8, 4) is 0 Å². The monoisotopic (exact) mass is 404 g/mol. The number of primary amides is 1. The highest BCUT2D eigenvalue weighted by molar-refractivity contribution is 5.92. The normalized spacial score (nSPS) is 25.8. The molecule has 8 N–H and O–H groups in total. The molecule has 0 saturated carbocycles. The van der Waals surface area contributed by atoms with E-state index in [9.17, 15) is 24.6 Å². The summed E-state index contributed by atoms with van der Waals surface area (Å²) < 4.78 is 9.17. The smallest absolute Gasteiger partial charge is 0.340 e. The van der Waals surface area contributed by atoms with E-state index in [0.717, 1.165) is 0 Å². The molecule has 156 valence electrons. The number of nitrogens with two attached hydrogens (primary N) is 1. The molecule has 1 aromatic rings. The Kier molecular flexibility index (Phi) is 8.84. The summed E-state index contributed by atoms with van der Waals surface area (Å²) in [4.78, 5) is 35.7. The van der Waals surface area contributed by atoms with Crippen molar-refractivity contribution in [1.29, 1.82) is 0 Å². The summed E-state index contributed by atoms with van der Waals surface area (Å²) in [7, 11) is 0. The number of hydrogen-bond acceptors (Lipinski definition) is 11.